The van der Waals surface area contributed by atoms with E-state index >= 15 is 0 Å². The SMILES string of the molecule is CC(C)COc1ccc(N2CC(C(=O)Nc3ccc(Cl)cc3Cl)CC2=O)cc1. The molecule has 1 unspecified atom stereocenters. The Morgan fingerprint density at radius 2 is 1.93 bits per heavy atom. The van der Waals surface area contributed by atoms with Crippen molar-refractivity contribution in [2.24, 2.45) is 11.8 Å². The molecule has 1 fully saturated rings. The Morgan fingerprint density at radius 3 is 2.57 bits per heavy atom. The molecule has 1 aliphatic rings. The molecule has 28 heavy (non-hydrogen) atoms. The van der Waals surface area contributed by atoms with E-state index in [1.54, 1.807) is 23.1 Å². The maximum atomic E-state index is 12.6. The smallest absolute Gasteiger partial charge is 0.229 e. The lowest BCUT2D eigenvalue weighted by Crippen LogP contribution is -2.28. The average Bonchev–Trinajstić information content (AvgIpc) is 3.04. The molecule has 0 bridgehead atoms. The van der Waals surface area contributed by atoms with Crippen LogP contribution >= 0.6 is 23.2 Å². The van der Waals surface area contributed by atoms with E-state index in [-0.39, 0.29) is 18.2 Å². The molecule has 0 radical (unpaired) electrons. The fourth-order valence-electron chi connectivity index (χ4n) is 2.94. The molecule has 2 amide bonds. The van der Waals surface area contributed by atoms with Crippen LogP contribution in [0, 0.1) is 11.8 Å². The molecule has 5 nitrogen and oxygen atoms in total. The molecule has 1 atom stereocenters. The van der Waals surface area contributed by atoms with Crippen LogP contribution in [0.1, 0.15) is 20.3 Å². The first-order valence-electron chi connectivity index (χ1n) is 9.12. The lowest BCUT2D eigenvalue weighted by molar-refractivity contribution is -0.122. The van der Waals surface area contributed by atoms with Gasteiger partial charge in [0.05, 0.1) is 23.2 Å². The molecule has 7 heteroatoms. The van der Waals surface area contributed by atoms with Crippen molar-refractivity contribution in [1.29, 1.82) is 0 Å². The molecule has 2 aromatic rings. The van der Waals surface area contributed by atoms with Gasteiger partial charge in [0, 0.05) is 23.7 Å². The van der Waals surface area contributed by atoms with E-state index in [4.69, 9.17) is 27.9 Å². The fourth-order valence-corrected chi connectivity index (χ4v) is 3.40. The molecule has 1 aliphatic heterocycles. The largest absolute Gasteiger partial charge is 0.493 e. The number of hydrogen-bond donors (Lipinski definition) is 1. The Balaban J connectivity index is 1.63. The quantitative estimate of drug-likeness (QED) is 0.713. The fraction of sp³-hybridized carbons (Fsp3) is 0.333. The molecule has 1 heterocycles. The molecule has 2 aromatic carbocycles. The summed E-state index contributed by atoms with van der Waals surface area (Å²) in [6, 6.07) is 12.2. The second kappa shape index (κ2) is 8.84. The monoisotopic (exact) mass is 420 g/mol. The highest BCUT2D eigenvalue weighted by atomic mass is 35.5. The Labute approximate surface area is 174 Å². The van der Waals surface area contributed by atoms with Crippen LogP contribution in [-0.2, 0) is 9.59 Å². The molecular weight excluding hydrogens is 399 g/mol. The molecule has 1 saturated heterocycles. The summed E-state index contributed by atoms with van der Waals surface area (Å²) in [7, 11) is 0. The van der Waals surface area contributed by atoms with Crippen molar-refractivity contribution in [3.8, 4) is 5.75 Å². The molecular formula is C21H22Cl2N2O3. The van der Waals surface area contributed by atoms with Crippen molar-refractivity contribution in [2.75, 3.05) is 23.4 Å². The van der Waals surface area contributed by atoms with Gasteiger partial charge in [0.15, 0.2) is 0 Å². The standard InChI is InChI=1S/C21H22Cl2N2O3/c1-13(2)12-28-17-6-4-16(5-7-17)25-11-14(9-20(25)26)21(27)24-19-8-3-15(22)10-18(19)23/h3-8,10,13-14H,9,11-12H2,1-2H3,(H,24,27). The van der Waals surface area contributed by atoms with Crippen LogP contribution in [0.25, 0.3) is 0 Å². The van der Waals surface area contributed by atoms with E-state index in [1.165, 1.54) is 0 Å². The number of nitrogens with zero attached hydrogens (tertiary/aromatic N) is 1. The number of benzene rings is 2. The summed E-state index contributed by atoms with van der Waals surface area (Å²) in [4.78, 5) is 26.6. The third-order valence-corrected chi connectivity index (χ3v) is 4.96. The van der Waals surface area contributed by atoms with Crippen molar-refractivity contribution < 1.29 is 14.3 Å². The zero-order valence-corrected chi connectivity index (χ0v) is 17.3. The predicted octanol–water partition coefficient (Wildman–Crippen LogP) is 5.02. The number of halogens is 2. The van der Waals surface area contributed by atoms with Gasteiger partial charge in [0.25, 0.3) is 0 Å². The number of ether oxygens (including phenoxy) is 1. The highest BCUT2D eigenvalue weighted by Crippen LogP contribution is 2.30. The normalized spacial score (nSPS) is 16.5. The van der Waals surface area contributed by atoms with E-state index in [0.717, 1.165) is 11.4 Å². The third-order valence-electron chi connectivity index (χ3n) is 4.42. The maximum Gasteiger partial charge on any atom is 0.229 e. The summed E-state index contributed by atoms with van der Waals surface area (Å²) >= 11 is 12.0. The highest BCUT2D eigenvalue weighted by Gasteiger charge is 2.35. The molecule has 1 N–H and O–H groups in total. The summed E-state index contributed by atoms with van der Waals surface area (Å²) in [5, 5.41) is 3.63. The zero-order chi connectivity index (χ0) is 20.3. The zero-order valence-electron chi connectivity index (χ0n) is 15.7. The molecule has 0 saturated carbocycles. The number of rotatable bonds is 6. The predicted molar refractivity (Wildman–Crippen MR) is 112 cm³/mol. The minimum atomic E-state index is -0.448. The van der Waals surface area contributed by atoms with E-state index in [9.17, 15) is 9.59 Å². The Kier molecular flexibility index (Phi) is 6.47. The number of anilines is 2. The summed E-state index contributed by atoms with van der Waals surface area (Å²) < 4.78 is 5.67. The van der Waals surface area contributed by atoms with Crippen molar-refractivity contribution in [2.45, 2.75) is 20.3 Å². The van der Waals surface area contributed by atoms with Crippen molar-refractivity contribution >= 4 is 46.4 Å². The minimum absolute atomic E-state index is 0.0850. The summed E-state index contributed by atoms with van der Waals surface area (Å²) in [5.41, 5.74) is 1.23. The minimum Gasteiger partial charge on any atom is -0.493 e. The third kappa shape index (κ3) is 4.97. The number of nitrogens with one attached hydrogen (secondary N) is 1. The van der Waals surface area contributed by atoms with E-state index in [2.05, 4.69) is 19.2 Å². The van der Waals surface area contributed by atoms with Gasteiger partial charge in [-0.1, -0.05) is 37.0 Å². The summed E-state index contributed by atoms with van der Waals surface area (Å²) in [6.45, 7) is 5.12. The van der Waals surface area contributed by atoms with Gasteiger partial charge in [-0.2, -0.15) is 0 Å². The van der Waals surface area contributed by atoms with Gasteiger partial charge in [0.1, 0.15) is 5.75 Å². The van der Waals surface area contributed by atoms with Crippen LogP contribution < -0.4 is 15.0 Å². The van der Waals surface area contributed by atoms with Crippen LogP contribution in [0.4, 0.5) is 11.4 Å². The number of amides is 2. The second-order valence-corrected chi connectivity index (χ2v) is 8.06. The Hall–Kier alpha value is -2.24. The van der Waals surface area contributed by atoms with Crippen LogP contribution in [0.3, 0.4) is 0 Å². The van der Waals surface area contributed by atoms with Crippen LogP contribution in [-0.4, -0.2) is 25.0 Å². The first-order chi connectivity index (χ1) is 13.3. The van der Waals surface area contributed by atoms with Gasteiger partial charge in [-0.3, -0.25) is 9.59 Å². The van der Waals surface area contributed by atoms with Gasteiger partial charge in [-0.05, 0) is 48.4 Å². The molecule has 0 aromatic heterocycles. The van der Waals surface area contributed by atoms with Gasteiger partial charge < -0.3 is 15.0 Å². The van der Waals surface area contributed by atoms with Crippen LogP contribution in [0.2, 0.25) is 10.0 Å². The first-order valence-corrected chi connectivity index (χ1v) is 9.88. The van der Waals surface area contributed by atoms with E-state index < -0.39 is 5.92 Å². The Morgan fingerprint density at radius 1 is 1.21 bits per heavy atom. The number of hydrogen-bond acceptors (Lipinski definition) is 3. The van der Waals surface area contributed by atoms with Gasteiger partial charge in [-0.25, -0.2) is 0 Å². The molecule has 0 spiro atoms. The van der Waals surface area contributed by atoms with Crippen molar-refractivity contribution in [1.82, 2.24) is 0 Å². The van der Waals surface area contributed by atoms with E-state index in [0.29, 0.717) is 34.8 Å². The first kappa shape index (κ1) is 20.5. The van der Waals surface area contributed by atoms with Gasteiger partial charge in [0.2, 0.25) is 11.8 Å². The summed E-state index contributed by atoms with van der Waals surface area (Å²) in [5.74, 6) is 0.426. The number of carbonyl (C=O) groups excluding carboxylic acids is 2. The lowest BCUT2D eigenvalue weighted by Gasteiger charge is -2.17. The van der Waals surface area contributed by atoms with Gasteiger partial charge in [-0.15, -0.1) is 0 Å². The highest BCUT2D eigenvalue weighted by molar-refractivity contribution is 6.36. The van der Waals surface area contributed by atoms with Gasteiger partial charge >= 0.3 is 0 Å². The maximum absolute atomic E-state index is 12.6. The average molecular weight is 421 g/mol. The van der Waals surface area contributed by atoms with E-state index in [1.807, 2.05) is 24.3 Å². The summed E-state index contributed by atoms with van der Waals surface area (Å²) in [6.07, 6.45) is 0.155. The Bertz CT molecular complexity index is 868. The lowest BCUT2D eigenvalue weighted by atomic mass is 10.1. The molecule has 3 rings (SSSR count). The molecule has 148 valence electrons. The topological polar surface area (TPSA) is 58.6 Å². The number of carbonyl (C=O) groups is 2. The second-order valence-electron chi connectivity index (χ2n) is 7.22. The molecule has 0 aliphatic carbocycles. The van der Waals surface area contributed by atoms with Crippen molar-refractivity contribution in [3.05, 3.63) is 52.5 Å². The van der Waals surface area contributed by atoms with Crippen LogP contribution in [0.5, 0.6) is 5.75 Å². The van der Waals surface area contributed by atoms with Crippen LogP contribution in [0.15, 0.2) is 42.5 Å². The van der Waals surface area contributed by atoms with Crippen molar-refractivity contribution in [3.63, 3.8) is 0 Å².